The summed E-state index contributed by atoms with van der Waals surface area (Å²) < 4.78 is 11.1. The molecule has 2 aromatic rings. The summed E-state index contributed by atoms with van der Waals surface area (Å²) in [6, 6.07) is 13.0. The Balaban J connectivity index is 1.79. The lowest BCUT2D eigenvalue weighted by molar-refractivity contribution is -0.0820. The zero-order valence-electron chi connectivity index (χ0n) is 15.5. The number of halogens is 1. The summed E-state index contributed by atoms with van der Waals surface area (Å²) in [5, 5.41) is 40.0. The van der Waals surface area contributed by atoms with E-state index in [1.165, 1.54) is 0 Å². The van der Waals surface area contributed by atoms with Crippen LogP contribution in [0, 0.1) is 0 Å². The molecule has 4 N–H and O–H groups in total. The molecular formula is C21H25ClO6. The van der Waals surface area contributed by atoms with Crippen LogP contribution in [-0.2, 0) is 11.2 Å². The molecule has 1 heterocycles. The number of aliphatic hydroxyl groups excluding tert-OH is 4. The van der Waals surface area contributed by atoms with E-state index in [4.69, 9.17) is 26.2 Å². The zero-order chi connectivity index (χ0) is 20.3. The fraction of sp³-hybridized carbons (Fsp3) is 0.429. The Hall–Kier alpha value is -1.67. The van der Waals surface area contributed by atoms with Crippen molar-refractivity contribution >= 4 is 11.6 Å². The first-order chi connectivity index (χ1) is 13.4. The van der Waals surface area contributed by atoms with Gasteiger partial charge in [-0.25, -0.2) is 0 Å². The van der Waals surface area contributed by atoms with Crippen molar-refractivity contribution in [1.82, 2.24) is 0 Å². The topological polar surface area (TPSA) is 99.4 Å². The number of benzene rings is 2. The summed E-state index contributed by atoms with van der Waals surface area (Å²) in [6.07, 6.45) is -5.09. The van der Waals surface area contributed by atoms with Crippen molar-refractivity contribution in [3.05, 3.63) is 64.2 Å². The van der Waals surface area contributed by atoms with Gasteiger partial charge >= 0.3 is 0 Å². The second kappa shape index (κ2) is 9.22. The van der Waals surface area contributed by atoms with E-state index in [2.05, 4.69) is 0 Å². The number of aliphatic hydroxyl groups is 4. The summed E-state index contributed by atoms with van der Waals surface area (Å²) >= 11 is 6.35. The van der Waals surface area contributed by atoms with Crippen molar-refractivity contribution in [1.29, 1.82) is 0 Å². The highest BCUT2D eigenvalue weighted by atomic mass is 35.5. The molecule has 1 unspecified atom stereocenters. The smallest absolute Gasteiger partial charge is 0.119 e. The minimum Gasteiger partial charge on any atom is -0.494 e. The number of hydrogen-bond acceptors (Lipinski definition) is 6. The molecule has 1 saturated heterocycles. The van der Waals surface area contributed by atoms with Crippen molar-refractivity contribution in [3.63, 3.8) is 0 Å². The van der Waals surface area contributed by atoms with Crippen molar-refractivity contribution in [3.8, 4) is 5.75 Å². The Labute approximate surface area is 168 Å². The summed E-state index contributed by atoms with van der Waals surface area (Å²) in [5.74, 6) is 0.802. The highest BCUT2D eigenvalue weighted by molar-refractivity contribution is 6.31. The summed E-state index contributed by atoms with van der Waals surface area (Å²) in [4.78, 5) is 0. The standard InChI is InChI=1S/C21H25ClO6/c1-2-27-15-6-3-12(4-7-15)9-14-10-13(5-8-16(14)22)20-18(25)19(26)21(28-20)17(24)11-23/h3-8,10,17-21,23-26H,2,9,11H2,1H3/t17-,18+,19+,20?,21-/m0/s1. The molecule has 0 radical (unpaired) electrons. The van der Waals surface area contributed by atoms with Gasteiger partial charge in [-0.3, -0.25) is 0 Å². The molecule has 0 amide bonds. The van der Waals surface area contributed by atoms with E-state index >= 15 is 0 Å². The van der Waals surface area contributed by atoms with Gasteiger partial charge in [-0.2, -0.15) is 0 Å². The van der Waals surface area contributed by atoms with E-state index in [1.807, 2.05) is 37.3 Å². The maximum atomic E-state index is 10.3. The second-order valence-electron chi connectivity index (χ2n) is 6.86. The molecular weight excluding hydrogens is 384 g/mol. The van der Waals surface area contributed by atoms with Crippen LogP contribution in [0.4, 0.5) is 0 Å². The van der Waals surface area contributed by atoms with Crippen LogP contribution < -0.4 is 4.74 Å². The first-order valence-corrected chi connectivity index (χ1v) is 9.63. The monoisotopic (exact) mass is 408 g/mol. The maximum absolute atomic E-state index is 10.3. The molecule has 5 atom stereocenters. The molecule has 28 heavy (non-hydrogen) atoms. The molecule has 1 fully saturated rings. The van der Waals surface area contributed by atoms with E-state index in [1.54, 1.807) is 12.1 Å². The van der Waals surface area contributed by atoms with Crippen molar-refractivity contribution in [2.24, 2.45) is 0 Å². The number of ether oxygens (including phenoxy) is 2. The van der Waals surface area contributed by atoms with Crippen LogP contribution in [0.15, 0.2) is 42.5 Å². The van der Waals surface area contributed by atoms with Crippen LogP contribution in [0.3, 0.4) is 0 Å². The van der Waals surface area contributed by atoms with Crippen LogP contribution in [0.5, 0.6) is 5.75 Å². The molecule has 1 aliphatic rings. The molecule has 0 aliphatic carbocycles. The van der Waals surface area contributed by atoms with E-state index in [0.29, 0.717) is 23.6 Å². The second-order valence-corrected chi connectivity index (χ2v) is 7.26. The normalized spacial score (nSPS) is 25.6. The average Bonchev–Trinajstić information content (AvgIpc) is 3.00. The highest BCUT2D eigenvalue weighted by Crippen LogP contribution is 2.36. The Morgan fingerprint density at radius 3 is 2.46 bits per heavy atom. The molecule has 1 aliphatic heterocycles. The van der Waals surface area contributed by atoms with E-state index in [9.17, 15) is 15.3 Å². The predicted molar refractivity (Wildman–Crippen MR) is 105 cm³/mol. The number of hydrogen-bond donors (Lipinski definition) is 4. The quantitative estimate of drug-likeness (QED) is 0.558. The van der Waals surface area contributed by atoms with Crippen molar-refractivity contribution in [2.75, 3.05) is 13.2 Å². The van der Waals surface area contributed by atoms with E-state index in [0.717, 1.165) is 16.9 Å². The third kappa shape index (κ3) is 4.49. The van der Waals surface area contributed by atoms with Crippen LogP contribution in [0.25, 0.3) is 0 Å². The summed E-state index contributed by atoms with van der Waals surface area (Å²) in [7, 11) is 0. The van der Waals surface area contributed by atoms with Crippen molar-refractivity contribution in [2.45, 2.75) is 43.9 Å². The Morgan fingerprint density at radius 1 is 1.11 bits per heavy atom. The Kier molecular flexibility index (Phi) is 6.93. The predicted octanol–water partition coefficient (Wildman–Crippen LogP) is 1.84. The van der Waals surface area contributed by atoms with Gasteiger partial charge in [0, 0.05) is 5.02 Å². The van der Waals surface area contributed by atoms with Crippen LogP contribution in [-0.4, -0.2) is 58.1 Å². The lowest BCUT2D eigenvalue weighted by Gasteiger charge is -2.19. The average molecular weight is 409 g/mol. The van der Waals surface area contributed by atoms with Gasteiger partial charge in [-0.05, 0) is 48.2 Å². The first kappa shape index (κ1) is 21.0. The SMILES string of the molecule is CCOc1ccc(Cc2cc(C3O[C@@H]([C@@H](O)CO)[C@H](O)[C@H]3O)ccc2Cl)cc1. The minimum absolute atomic E-state index is 0.565. The van der Waals surface area contributed by atoms with Gasteiger partial charge < -0.3 is 29.9 Å². The Morgan fingerprint density at radius 2 is 1.82 bits per heavy atom. The summed E-state index contributed by atoms with van der Waals surface area (Å²) in [5.41, 5.74) is 2.54. The molecule has 0 spiro atoms. The van der Waals surface area contributed by atoms with E-state index < -0.39 is 37.1 Å². The van der Waals surface area contributed by atoms with Gasteiger partial charge in [0.05, 0.1) is 13.2 Å². The van der Waals surface area contributed by atoms with Gasteiger partial charge in [0.15, 0.2) is 0 Å². The third-order valence-electron chi connectivity index (χ3n) is 4.89. The van der Waals surface area contributed by atoms with Crippen molar-refractivity contribution < 1.29 is 29.9 Å². The third-order valence-corrected chi connectivity index (χ3v) is 5.26. The van der Waals surface area contributed by atoms with Crippen LogP contribution in [0.1, 0.15) is 29.7 Å². The lowest BCUT2D eigenvalue weighted by atomic mass is 9.96. The molecule has 0 saturated carbocycles. The molecule has 3 rings (SSSR count). The molecule has 6 nitrogen and oxygen atoms in total. The van der Waals surface area contributed by atoms with Gasteiger partial charge in [0.25, 0.3) is 0 Å². The highest BCUT2D eigenvalue weighted by Gasteiger charge is 2.46. The molecule has 0 bridgehead atoms. The maximum Gasteiger partial charge on any atom is 0.119 e. The summed E-state index contributed by atoms with van der Waals surface area (Å²) in [6.45, 7) is 1.97. The van der Waals surface area contributed by atoms with Gasteiger partial charge in [-0.15, -0.1) is 0 Å². The van der Waals surface area contributed by atoms with Gasteiger partial charge in [0.1, 0.15) is 36.3 Å². The zero-order valence-corrected chi connectivity index (χ0v) is 16.3. The molecule has 0 aromatic heterocycles. The fourth-order valence-electron chi connectivity index (χ4n) is 3.40. The molecule has 7 heteroatoms. The van der Waals surface area contributed by atoms with Gasteiger partial charge in [0.2, 0.25) is 0 Å². The van der Waals surface area contributed by atoms with Crippen LogP contribution in [0.2, 0.25) is 5.02 Å². The van der Waals surface area contributed by atoms with Crippen LogP contribution >= 0.6 is 11.6 Å². The molecule has 2 aromatic carbocycles. The Bertz CT molecular complexity index is 781. The van der Waals surface area contributed by atoms with E-state index in [-0.39, 0.29) is 0 Å². The fourth-order valence-corrected chi connectivity index (χ4v) is 3.58. The molecule has 152 valence electrons. The minimum atomic E-state index is -1.29. The van der Waals surface area contributed by atoms with Gasteiger partial charge in [-0.1, -0.05) is 35.9 Å². The lowest BCUT2D eigenvalue weighted by Crippen LogP contribution is -2.40. The largest absolute Gasteiger partial charge is 0.494 e. The first-order valence-electron chi connectivity index (χ1n) is 9.25. The number of rotatable bonds is 7.